The van der Waals surface area contributed by atoms with Crippen LogP contribution in [0.4, 0.5) is 0 Å². The second kappa shape index (κ2) is 8.35. The summed E-state index contributed by atoms with van der Waals surface area (Å²) in [4.78, 5) is 53.4. The zero-order valence-corrected chi connectivity index (χ0v) is 16.9. The topological polar surface area (TPSA) is 125 Å². The van der Waals surface area contributed by atoms with Gasteiger partial charge >= 0.3 is 5.97 Å². The van der Waals surface area contributed by atoms with Crippen LogP contribution in [0.3, 0.4) is 0 Å². The molecule has 3 rings (SSSR count). The Balaban J connectivity index is 1.63. The summed E-state index contributed by atoms with van der Waals surface area (Å²) in [6.07, 6.45) is 1.61. The molecule has 11 heteroatoms. The Kier molecular flexibility index (Phi) is 5.87. The summed E-state index contributed by atoms with van der Waals surface area (Å²) in [6, 6.07) is 3.36. The third kappa shape index (κ3) is 4.57. The maximum Gasteiger partial charge on any atom is 0.326 e. The Bertz CT molecular complexity index is 1150. The number of ketones is 1. The number of hydrogen-bond donors (Lipinski definition) is 1. The predicted molar refractivity (Wildman–Crippen MR) is 104 cm³/mol. The Morgan fingerprint density at radius 2 is 2.07 bits per heavy atom. The average Bonchev–Trinajstić information content (AvgIpc) is 3.29. The fraction of sp³-hybridized carbons (Fsp3) is 0.333. The number of nitrogens with zero attached hydrogens (tertiary/aromatic N) is 4. The van der Waals surface area contributed by atoms with Crippen molar-refractivity contribution in [3.8, 4) is 0 Å². The fourth-order valence-electron chi connectivity index (χ4n) is 2.62. The van der Waals surface area contributed by atoms with Crippen molar-refractivity contribution < 1.29 is 19.1 Å². The molecule has 152 valence electrons. The lowest BCUT2D eigenvalue weighted by molar-refractivity contribution is -0.147. The van der Waals surface area contributed by atoms with E-state index in [1.165, 1.54) is 42.4 Å². The third-order valence-corrected chi connectivity index (χ3v) is 5.21. The number of aromatic nitrogens is 4. The van der Waals surface area contributed by atoms with Crippen LogP contribution < -0.4 is 10.9 Å². The first kappa shape index (κ1) is 20.4. The van der Waals surface area contributed by atoms with E-state index in [9.17, 15) is 19.2 Å². The number of carbonyl (C=O) groups is 3. The van der Waals surface area contributed by atoms with Gasteiger partial charge in [-0.05, 0) is 19.1 Å². The number of ether oxygens (including phenoxy) is 1. The zero-order valence-electron chi connectivity index (χ0n) is 16.0. The molecule has 0 fully saturated rings. The Labute approximate surface area is 169 Å². The number of nitrogens with one attached hydrogen (secondary N) is 1. The first-order valence-corrected chi connectivity index (χ1v) is 9.52. The number of rotatable bonds is 7. The molecule has 0 spiro atoms. The lowest BCUT2D eigenvalue weighted by Crippen LogP contribution is -2.30. The molecule has 1 atom stereocenters. The van der Waals surface area contributed by atoms with Gasteiger partial charge in [-0.3, -0.25) is 28.4 Å². The molecular weight excluding hydrogens is 398 g/mol. The monoisotopic (exact) mass is 417 g/mol. The first-order chi connectivity index (χ1) is 13.8. The Morgan fingerprint density at radius 1 is 1.31 bits per heavy atom. The van der Waals surface area contributed by atoms with E-state index in [-0.39, 0.29) is 23.6 Å². The minimum Gasteiger partial charge on any atom is -0.453 e. The van der Waals surface area contributed by atoms with Crippen LogP contribution in [-0.2, 0) is 34.5 Å². The number of aryl methyl sites for hydroxylation is 1. The van der Waals surface area contributed by atoms with Crippen LogP contribution in [0, 0.1) is 0 Å². The first-order valence-electron chi connectivity index (χ1n) is 8.70. The van der Waals surface area contributed by atoms with Gasteiger partial charge < -0.3 is 10.1 Å². The van der Waals surface area contributed by atoms with Crippen molar-refractivity contribution in [1.82, 2.24) is 24.6 Å². The van der Waals surface area contributed by atoms with Gasteiger partial charge in [-0.25, -0.2) is 4.98 Å². The van der Waals surface area contributed by atoms with E-state index in [2.05, 4.69) is 15.4 Å². The highest BCUT2D eigenvalue weighted by molar-refractivity contribution is 7.14. The Morgan fingerprint density at radius 3 is 2.79 bits per heavy atom. The van der Waals surface area contributed by atoms with Crippen molar-refractivity contribution in [3.63, 3.8) is 0 Å². The SMILES string of the molecule is CC(=O)NCc1ccc(C(=O)C(C)OC(=O)Cn2cnc3c(cnn3C)c2=O)s1. The molecule has 0 radical (unpaired) electrons. The summed E-state index contributed by atoms with van der Waals surface area (Å²) >= 11 is 1.22. The van der Waals surface area contributed by atoms with Gasteiger partial charge in [0.05, 0.1) is 17.6 Å². The van der Waals surface area contributed by atoms with Crippen LogP contribution in [0.5, 0.6) is 0 Å². The second-order valence-electron chi connectivity index (χ2n) is 6.36. The van der Waals surface area contributed by atoms with E-state index in [0.717, 1.165) is 9.44 Å². The molecule has 0 saturated carbocycles. The van der Waals surface area contributed by atoms with Crippen molar-refractivity contribution in [2.75, 3.05) is 0 Å². The normalized spacial score (nSPS) is 12.0. The standard InChI is InChI=1S/C18H19N5O5S/c1-10(16(26)14-5-4-12(29-14)6-19-11(2)24)28-15(25)8-23-9-20-17-13(18(23)27)7-21-22(17)3/h4-5,7,9-10H,6,8H2,1-3H3,(H,19,24). The number of Topliss-reactive ketones (excluding diaryl/α,β-unsaturated/α-hetero) is 1. The number of hydrogen-bond acceptors (Lipinski definition) is 8. The fourth-order valence-corrected chi connectivity index (χ4v) is 3.59. The van der Waals surface area contributed by atoms with Gasteiger partial charge in [-0.2, -0.15) is 5.10 Å². The third-order valence-electron chi connectivity index (χ3n) is 4.11. The van der Waals surface area contributed by atoms with Crippen LogP contribution in [0.1, 0.15) is 28.4 Å². The highest BCUT2D eigenvalue weighted by Crippen LogP contribution is 2.19. The Hall–Kier alpha value is -3.34. The molecule has 1 unspecified atom stereocenters. The molecule has 29 heavy (non-hydrogen) atoms. The van der Waals surface area contributed by atoms with E-state index in [0.29, 0.717) is 17.1 Å². The molecule has 3 aromatic rings. The molecular formula is C18H19N5O5S. The maximum atomic E-state index is 12.5. The van der Waals surface area contributed by atoms with Gasteiger partial charge in [-0.15, -0.1) is 11.3 Å². The molecule has 10 nitrogen and oxygen atoms in total. The minimum atomic E-state index is -1.01. The summed E-state index contributed by atoms with van der Waals surface area (Å²) in [5.74, 6) is -1.25. The lowest BCUT2D eigenvalue weighted by atomic mass is 10.2. The molecule has 1 N–H and O–H groups in total. The molecule has 3 aromatic heterocycles. The van der Waals surface area contributed by atoms with E-state index in [1.54, 1.807) is 19.2 Å². The smallest absolute Gasteiger partial charge is 0.326 e. The molecule has 1 amide bonds. The van der Waals surface area contributed by atoms with Crippen LogP contribution in [0.15, 0.2) is 29.5 Å². The van der Waals surface area contributed by atoms with Gasteiger partial charge in [0.15, 0.2) is 11.8 Å². The van der Waals surface area contributed by atoms with E-state index < -0.39 is 17.6 Å². The van der Waals surface area contributed by atoms with Crippen molar-refractivity contribution in [2.24, 2.45) is 7.05 Å². The van der Waals surface area contributed by atoms with Gasteiger partial charge in [0.25, 0.3) is 5.56 Å². The second-order valence-corrected chi connectivity index (χ2v) is 7.52. The van der Waals surface area contributed by atoms with Gasteiger partial charge in [0.2, 0.25) is 11.7 Å². The quantitative estimate of drug-likeness (QED) is 0.442. The number of carbonyl (C=O) groups excluding carboxylic acids is 3. The van der Waals surface area contributed by atoms with Gasteiger partial charge in [-0.1, -0.05) is 0 Å². The molecule has 0 aliphatic rings. The van der Waals surface area contributed by atoms with E-state index in [4.69, 9.17) is 4.74 Å². The lowest BCUT2D eigenvalue weighted by Gasteiger charge is -2.12. The summed E-state index contributed by atoms with van der Waals surface area (Å²) < 4.78 is 7.76. The van der Waals surface area contributed by atoms with Crippen LogP contribution in [0.2, 0.25) is 0 Å². The number of esters is 1. The van der Waals surface area contributed by atoms with E-state index in [1.807, 2.05) is 0 Å². The summed E-state index contributed by atoms with van der Waals surface area (Å²) in [5.41, 5.74) is -0.00387. The predicted octanol–water partition coefficient (Wildman–Crippen LogP) is 0.642. The van der Waals surface area contributed by atoms with Crippen molar-refractivity contribution >= 4 is 40.0 Å². The van der Waals surface area contributed by atoms with Crippen LogP contribution >= 0.6 is 11.3 Å². The van der Waals surface area contributed by atoms with Crippen LogP contribution in [-0.4, -0.2) is 43.1 Å². The maximum absolute atomic E-state index is 12.5. The van der Waals surface area contributed by atoms with Crippen molar-refractivity contribution in [2.45, 2.75) is 33.0 Å². The summed E-state index contributed by atoms with van der Waals surface area (Å²) in [6.45, 7) is 2.84. The summed E-state index contributed by atoms with van der Waals surface area (Å²) in [7, 11) is 1.66. The van der Waals surface area contributed by atoms with Crippen molar-refractivity contribution in [1.29, 1.82) is 0 Å². The largest absolute Gasteiger partial charge is 0.453 e. The number of amides is 1. The summed E-state index contributed by atoms with van der Waals surface area (Å²) in [5, 5.41) is 6.91. The van der Waals surface area contributed by atoms with Gasteiger partial charge in [0.1, 0.15) is 18.3 Å². The van der Waals surface area contributed by atoms with E-state index >= 15 is 0 Å². The molecule has 0 saturated heterocycles. The average molecular weight is 417 g/mol. The zero-order chi connectivity index (χ0) is 21.1. The molecule has 0 bridgehead atoms. The highest BCUT2D eigenvalue weighted by Gasteiger charge is 2.22. The molecule has 0 aliphatic carbocycles. The number of fused-ring (bicyclic) bond motifs is 1. The molecule has 0 aliphatic heterocycles. The molecule has 0 aromatic carbocycles. The highest BCUT2D eigenvalue weighted by atomic mass is 32.1. The minimum absolute atomic E-state index is 0.164. The van der Waals surface area contributed by atoms with Crippen molar-refractivity contribution in [3.05, 3.63) is 44.8 Å². The molecule has 3 heterocycles. The number of thiophene rings is 1. The van der Waals surface area contributed by atoms with Gasteiger partial charge in [0, 0.05) is 18.8 Å². The van der Waals surface area contributed by atoms with Crippen LogP contribution in [0.25, 0.3) is 11.0 Å².